The van der Waals surface area contributed by atoms with Gasteiger partial charge in [-0.3, -0.25) is 9.78 Å². The fraction of sp³-hybridized carbons (Fsp3) is 0.500. The molecule has 0 aliphatic rings. The van der Waals surface area contributed by atoms with Gasteiger partial charge in [0.1, 0.15) is 22.7 Å². The molecule has 236 valence electrons. The summed E-state index contributed by atoms with van der Waals surface area (Å²) in [5, 5.41) is 21.5. The summed E-state index contributed by atoms with van der Waals surface area (Å²) in [6.07, 6.45) is 7.98. The Balaban J connectivity index is 0.000000250. The third-order valence-electron chi connectivity index (χ3n) is 6.37. The molecule has 13 nitrogen and oxygen atoms in total. The Morgan fingerprint density at radius 2 is 1.44 bits per heavy atom. The van der Waals surface area contributed by atoms with Crippen LogP contribution in [0, 0.1) is 11.6 Å². The van der Waals surface area contributed by atoms with E-state index >= 15 is 0 Å². The van der Waals surface area contributed by atoms with E-state index in [1.807, 2.05) is 13.8 Å². The van der Waals surface area contributed by atoms with Gasteiger partial charge in [0.05, 0.1) is 36.7 Å². The first-order valence-electron chi connectivity index (χ1n) is 13.9. The predicted octanol–water partition coefficient (Wildman–Crippen LogP) is 3.02. The second kappa shape index (κ2) is 16.0. The van der Waals surface area contributed by atoms with E-state index in [9.17, 15) is 18.7 Å². The molecule has 0 saturated carbocycles. The van der Waals surface area contributed by atoms with Gasteiger partial charge in [-0.05, 0) is 26.7 Å². The van der Waals surface area contributed by atoms with Crippen molar-refractivity contribution in [2.24, 2.45) is 5.73 Å². The van der Waals surface area contributed by atoms with Crippen LogP contribution in [0.2, 0.25) is 0 Å². The van der Waals surface area contributed by atoms with E-state index in [4.69, 9.17) is 22.3 Å². The third-order valence-corrected chi connectivity index (χ3v) is 6.37. The van der Waals surface area contributed by atoms with Gasteiger partial charge in [-0.25, -0.2) is 28.7 Å². The van der Waals surface area contributed by atoms with Gasteiger partial charge in [-0.2, -0.15) is 4.98 Å². The van der Waals surface area contributed by atoms with Gasteiger partial charge < -0.3 is 32.7 Å². The summed E-state index contributed by atoms with van der Waals surface area (Å²) < 4.78 is 25.9. The summed E-state index contributed by atoms with van der Waals surface area (Å²) in [7, 11) is 0. The topological polar surface area (TPSA) is 228 Å². The molecule has 0 fully saturated rings. The lowest BCUT2D eigenvalue weighted by atomic mass is 9.96. The van der Waals surface area contributed by atoms with Crippen LogP contribution in [0.15, 0.2) is 29.3 Å². The Morgan fingerprint density at radius 3 is 2.00 bits per heavy atom. The largest absolute Gasteiger partial charge is 0.394 e. The van der Waals surface area contributed by atoms with E-state index in [2.05, 4.69) is 49.1 Å². The number of nitrogens with two attached hydrogens (primary N) is 3. The lowest BCUT2D eigenvalue weighted by molar-refractivity contribution is 0.198. The number of aliphatic hydroxyl groups excluding tert-OH is 2. The minimum absolute atomic E-state index is 0.0354. The number of nitrogen functional groups attached to an aromatic ring is 2. The number of hydrogen-bond acceptors (Lipinski definition) is 12. The lowest BCUT2D eigenvalue weighted by Gasteiger charge is -2.29. The molecular weight excluding hydrogens is 562 g/mol. The number of halogens is 2. The minimum Gasteiger partial charge on any atom is -0.394 e. The first-order valence-corrected chi connectivity index (χ1v) is 13.9. The smallest absolute Gasteiger partial charge is 0.278 e. The molecule has 43 heavy (non-hydrogen) atoms. The Morgan fingerprint density at radius 1 is 0.884 bits per heavy atom. The molecule has 4 heterocycles. The van der Waals surface area contributed by atoms with Gasteiger partial charge in [0.25, 0.3) is 5.56 Å². The van der Waals surface area contributed by atoms with Crippen LogP contribution < -0.4 is 28.1 Å². The van der Waals surface area contributed by atoms with E-state index in [-0.39, 0.29) is 41.7 Å². The van der Waals surface area contributed by atoms with E-state index < -0.39 is 22.7 Å². The lowest BCUT2D eigenvalue weighted by Crippen LogP contribution is -2.39. The third kappa shape index (κ3) is 10.9. The second-order valence-electron chi connectivity index (χ2n) is 10.8. The van der Waals surface area contributed by atoms with Crippen molar-refractivity contribution in [3.63, 3.8) is 0 Å². The Hall–Kier alpha value is -4.08. The molecule has 0 bridgehead atoms. The molecule has 4 rings (SSSR count). The van der Waals surface area contributed by atoms with Gasteiger partial charge in [0.15, 0.2) is 11.3 Å². The molecule has 0 amide bonds. The molecule has 0 spiro atoms. The molecule has 0 saturated heterocycles. The van der Waals surface area contributed by atoms with Gasteiger partial charge in [-0.15, -0.1) is 0 Å². The Bertz CT molecular complexity index is 1530. The van der Waals surface area contributed by atoms with Crippen molar-refractivity contribution in [1.29, 1.82) is 0 Å². The minimum atomic E-state index is -0.551. The second-order valence-corrected chi connectivity index (χ2v) is 10.8. The number of rotatable bonds is 10. The van der Waals surface area contributed by atoms with Crippen LogP contribution in [0.4, 0.5) is 26.5 Å². The Kier molecular flexibility index (Phi) is 13.0. The maximum Gasteiger partial charge on any atom is 0.278 e. The molecule has 2 atom stereocenters. The maximum atomic E-state index is 13.2. The van der Waals surface area contributed by atoms with Crippen LogP contribution in [0.5, 0.6) is 0 Å². The molecule has 10 N–H and O–H groups in total. The van der Waals surface area contributed by atoms with Crippen molar-refractivity contribution in [1.82, 2.24) is 29.9 Å². The first kappa shape index (κ1) is 35.1. The number of anilines is 3. The van der Waals surface area contributed by atoms with Crippen LogP contribution >= 0.6 is 0 Å². The Labute approximate surface area is 248 Å². The van der Waals surface area contributed by atoms with Crippen LogP contribution in [0.1, 0.15) is 66.2 Å². The highest BCUT2D eigenvalue weighted by Gasteiger charge is 2.24. The zero-order chi connectivity index (χ0) is 32.2. The molecule has 15 heteroatoms. The summed E-state index contributed by atoms with van der Waals surface area (Å²) in [5.41, 5.74) is 16.2. The van der Waals surface area contributed by atoms with Gasteiger partial charge >= 0.3 is 0 Å². The first-order chi connectivity index (χ1) is 20.3. The maximum absolute atomic E-state index is 13.2. The summed E-state index contributed by atoms with van der Waals surface area (Å²) in [6, 6.07) is 2.36. The number of pyridine rings is 2. The fourth-order valence-electron chi connectivity index (χ4n) is 3.81. The number of unbranched alkanes of at least 4 members (excludes halogenated alkanes) is 2. The summed E-state index contributed by atoms with van der Waals surface area (Å²) >= 11 is 0. The van der Waals surface area contributed by atoms with Crippen molar-refractivity contribution in [3.8, 4) is 0 Å². The number of aromatic nitrogens is 6. The number of H-pyrrole nitrogens is 1. The number of hydrogen-bond donors (Lipinski definition) is 7. The average molecular weight is 605 g/mol. The number of aromatic amines is 1. The molecule has 0 aliphatic carbocycles. The van der Waals surface area contributed by atoms with E-state index in [0.717, 1.165) is 57.0 Å². The zero-order valence-corrected chi connectivity index (χ0v) is 25.0. The highest BCUT2D eigenvalue weighted by atomic mass is 19.1. The van der Waals surface area contributed by atoms with Crippen LogP contribution in [-0.2, 0) is 0 Å². The zero-order valence-electron chi connectivity index (χ0n) is 25.0. The molecule has 0 aromatic carbocycles. The normalized spacial score (nSPS) is 13.7. The monoisotopic (exact) mass is 604 g/mol. The summed E-state index contributed by atoms with van der Waals surface area (Å²) in [6.45, 7) is 8.01. The molecule has 4 aromatic rings. The molecule has 0 radical (unpaired) electrons. The fourth-order valence-corrected chi connectivity index (χ4v) is 3.81. The SMILES string of the molecule is CCCC[C@](C)(CO)Nc1nc(N)nc2cc(F)cnc12.CCCC[C@](C)(N)CO.Nc1nc2cc(F)cnc2c(=O)[nH]1. The van der Waals surface area contributed by atoms with Crippen LogP contribution in [-0.4, -0.2) is 64.4 Å². The van der Waals surface area contributed by atoms with Crippen molar-refractivity contribution in [2.75, 3.05) is 30.0 Å². The standard InChI is InChI=1S/C14H20FN5O.C7H5FN4O.C7H17NO/c1-3-4-5-14(2,8-21)20-12-11-10(18-13(16)19-12)6-9(15)7-17-11;8-3-1-4-5(10-2-3)6(13)12-7(9)11-4;1-3-4-5-7(2,8)6-9/h6-7,21H,3-5,8H2,1-2H3,(H3,16,18,19,20);1-2H,(H3,9,11,12,13);9H,3-6,8H2,1-2H3/t14-;;7-/m1.0/s1. The number of nitrogens with zero attached hydrogens (tertiary/aromatic N) is 5. The van der Waals surface area contributed by atoms with E-state index in [0.29, 0.717) is 16.9 Å². The number of fused-ring (bicyclic) bond motifs is 2. The van der Waals surface area contributed by atoms with Gasteiger partial charge in [0, 0.05) is 17.7 Å². The molecular formula is C28H42F2N10O3. The van der Waals surface area contributed by atoms with Crippen molar-refractivity contribution >= 4 is 39.8 Å². The molecule has 0 aliphatic heterocycles. The van der Waals surface area contributed by atoms with E-state index in [1.54, 1.807) is 0 Å². The van der Waals surface area contributed by atoms with Crippen molar-refractivity contribution in [3.05, 3.63) is 46.5 Å². The van der Waals surface area contributed by atoms with Crippen LogP contribution in [0.25, 0.3) is 22.1 Å². The quantitative estimate of drug-likeness (QED) is 0.139. The van der Waals surface area contributed by atoms with Crippen molar-refractivity contribution in [2.45, 2.75) is 77.3 Å². The van der Waals surface area contributed by atoms with Gasteiger partial charge in [-0.1, -0.05) is 39.5 Å². The van der Waals surface area contributed by atoms with E-state index in [1.165, 1.54) is 6.07 Å². The highest BCUT2D eigenvalue weighted by Crippen LogP contribution is 2.25. The summed E-state index contributed by atoms with van der Waals surface area (Å²) in [4.78, 5) is 32.8. The highest BCUT2D eigenvalue weighted by molar-refractivity contribution is 5.86. The predicted molar refractivity (Wildman–Crippen MR) is 164 cm³/mol. The van der Waals surface area contributed by atoms with Crippen molar-refractivity contribution < 1.29 is 19.0 Å². The van der Waals surface area contributed by atoms with Gasteiger partial charge in [0.2, 0.25) is 11.9 Å². The number of nitrogens with one attached hydrogen (secondary N) is 2. The van der Waals surface area contributed by atoms with Crippen LogP contribution in [0.3, 0.4) is 0 Å². The number of aliphatic hydroxyl groups is 2. The molecule has 0 unspecified atom stereocenters. The summed E-state index contributed by atoms with van der Waals surface area (Å²) in [5.74, 6) is -0.643. The average Bonchev–Trinajstić information content (AvgIpc) is 2.95. The molecule has 4 aromatic heterocycles.